The van der Waals surface area contributed by atoms with Crippen LogP contribution in [-0.2, 0) is 0 Å². The van der Waals surface area contributed by atoms with Crippen molar-refractivity contribution in [3.05, 3.63) is 0 Å². The van der Waals surface area contributed by atoms with Gasteiger partial charge in [0, 0.05) is 12.6 Å². The summed E-state index contributed by atoms with van der Waals surface area (Å²) in [5, 5.41) is 3.43. The topological polar surface area (TPSA) is 15.3 Å². The van der Waals surface area contributed by atoms with E-state index in [2.05, 4.69) is 24.2 Å². The van der Waals surface area contributed by atoms with Gasteiger partial charge in [-0.05, 0) is 39.4 Å². The van der Waals surface area contributed by atoms with Crippen LogP contribution < -0.4 is 5.32 Å². The lowest BCUT2D eigenvalue weighted by Gasteiger charge is -2.31. The van der Waals surface area contributed by atoms with E-state index in [4.69, 9.17) is 0 Å². The summed E-state index contributed by atoms with van der Waals surface area (Å²) in [5.41, 5.74) is 0. The minimum atomic E-state index is 0.795. The molecule has 2 heteroatoms. The number of piperidine rings is 1. The van der Waals surface area contributed by atoms with E-state index in [1.807, 2.05) is 0 Å². The van der Waals surface area contributed by atoms with E-state index < -0.39 is 0 Å². The molecule has 1 rings (SSSR count). The molecular formula is C9H20N2. The Hall–Kier alpha value is -0.0800. The second kappa shape index (κ2) is 4.73. The van der Waals surface area contributed by atoms with Crippen molar-refractivity contribution in [1.82, 2.24) is 10.2 Å². The lowest BCUT2D eigenvalue weighted by atomic mass is 10.1. The quantitative estimate of drug-likeness (QED) is 0.658. The van der Waals surface area contributed by atoms with Crippen LogP contribution in [0.5, 0.6) is 0 Å². The van der Waals surface area contributed by atoms with Crippen LogP contribution in [0, 0.1) is 0 Å². The number of likely N-dealkylation sites (N-methyl/N-ethyl adjacent to an activating group) is 1. The van der Waals surface area contributed by atoms with Crippen molar-refractivity contribution in [2.24, 2.45) is 0 Å². The molecule has 0 saturated carbocycles. The first-order valence-corrected chi connectivity index (χ1v) is 4.75. The van der Waals surface area contributed by atoms with Gasteiger partial charge in [0.2, 0.25) is 0 Å². The highest BCUT2D eigenvalue weighted by Gasteiger charge is 2.15. The third-order valence-corrected chi connectivity index (χ3v) is 2.47. The summed E-state index contributed by atoms with van der Waals surface area (Å²) in [7, 11) is 2.24. The maximum Gasteiger partial charge on any atom is 0.0218 e. The van der Waals surface area contributed by atoms with Crippen LogP contribution in [0.25, 0.3) is 0 Å². The molecule has 11 heavy (non-hydrogen) atoms. The zero-order chi connectivity index (χ0) is 8.10. The Kier molecular flexibility index (Phi) is 3.87. The highest BCUT2D eigenvalue weighted by molar-refractivity contribution is 4.75. The lowest BCUT2D eigenvalue weighted by Crippen LogP contribution is -2.44. The average molecular weight is 156 g/mol. The van der Waals surface area contributed by atoms with E-state index >= 15 is 0 Å². The fourth-order valence-corrected chi connectivity index (χ4v) is 1.74. The summed E-state index contributed by atoms with van der Waals surface area (Å²) in [6.45, 7) is 5.89. The molecule has 0 aromatic rings. The van der Waals surface area contributed by atoms with Gasteiger partial charge >= 0.3 is 0 Å². The number of hydrogen-bond donors (Lipinski definition) is 1. The Morgan fingerprint density at radius 2 is 2.36 bits per heavy atom. The third-order valence-electron chi connectivity index (χ3n) is 2.47. The van der Waals surface area contributed by atoms with E-state index in [1.54, 1.807) is 0 Å². The first-order valence-electron chi connectivity index (χ1n) is 4.75. The van der Waals surface area contributed by atoms with Crippen molar-refractivity contribution in [2.75, 3.05) is 26.7 Å². The van der Waals surface area contributed by atoms with Gasteiger partial charge in [0.15, 0.2) is 0 Å². The summed E-state index contributed by atoms with van der Waals surface area (Å²) in [4.78, 5) is 2.48. The normalized spacial score (nSPS) is 25.9. The molecule has 1 N–H and O–H groups in total. The standard InChI is InChI=1S/C9H20N2/c1-3-7-11(2)9-5-4-6-10-8-9/h9-10H,3-8H2,1-2H3. The average Bonchev–Trinajstić information content (AvgIpc) is 2.07. The monoisotopic (exact) mass is 156 g/mol. The summed E-state index contributed by atoms with van der Waals surface area (Å²) in [5.74, 6) is 0. The molecule has 0 aromatic carbocycles. The Bertz CT molecular complexity index is 97.7. The largest absolute Gasteiger partial charge is 0.315 e. The van der Waals surface area contributed by atoms with Crippen LogP contribution in [-0.4, -0.2) is 37.6 Å². The predicted octanol–water partition coefficient (Wildman–Crippen LogP) is 1.08. The molecule has 1 fully saturated rings. The third kappa shape index (κ3) is 2.80. The maximum atomic E-state index is 3.43. The maximum absolute atomic E-state index is 3.43. The molecule has 0 spiro atoms. The fraction of sp³-hybridized carbons (Fsp3) is 1.00. The molecule has 1 aliphatic heterocycles. The molecule has 1 heterocycles. The Balaban J connectivity index is 2.21. The van der Waals surface area contributed by atoms with Gasteiger partial charge < -0.3 is 10.2 Å². The highest BCUT2D eigenvalue weighted by atomic mass is 15.1. The van der Waals surface area contributed by atoms with Crippen LogP contribution in [0.2, 0.25) is 0 Å². The van der Waals surface area contributed by atoms with Crippen LogP contribution in [0.15, 0.2) is 0 Å². The molecule has 1 unspecified atom stereocenters. The minimum absolute atomic E-state index is 0.795. The molecule has 1 aliphatic rings. The minimum Gasteiger partial charge on any atom is -0.315 e. The van der Waals surface area contributed by atoms with E-state index in [-0.39, 0.29) is 0 Å². The van der Waals surface area contributed by atoms with Crippen molar-refractivity contribution < 1.29 is 0 Å². The van der Waals surface area contributed by atoms with Crippen molar-refractivity contribution in [3.8, 4) is 0 Å². The number of nitrogens with one attached hydrogen (secondary N) is 1. The zero-order valence-electron chi connectivity index (χ0n) is 7.77. The zero-order valence-corrected chi connectivity index (χ0v) is 7.77. The fourth-order valence-electron chi connectivity index (χ4n) is 1.74. The Morgan fingerprint density at radius 1 is 1.55 bits per heavy atom. The summed E-state index contributed by atoms with van der Waals surface area (Å²) >= 11 is 0. The van der Waals surface area contributed by atoms with Crippen molar-refractivity contribution in [1.29, 1.82) is 0 Å². The molecule has 0 aliphatic carbocycles. The molecule has 1 atom stereocenters. The van der Waals surface area contributed by atoms with Crippen LogP contribution >= 0.6 is 0 Å². The lowest BCUT2D eigenvalue weighted by molar-refractivity contribution is 0.203. The second-order valence-electron chi connectivity index (χ2n) is 3.48. The number of nitrogens with zero attached hydrogens (tertiary/aromatic N) is 1. The SMILES string of the molecule is CCCN(C)C1CCCNC1. The van der Waals surface area contributed by atoms with Crippen molar-refractivity contribution in [2.45, 2.75) is 32.2 Å². The Labute approximate surface area is 70.0 Å². The van der Waals surface area contributed by atoms with Gasteiger partial charge in [0.1, 0.15) is 0 Å². The molecule has 0 amide bonds. The van der Waals surface area contributed by atoms with Gasteiger partial charge in [-0.25, -0.2) is 0 Å². The molecular weight excluding hydrogens is 136 g/mol. The van der Waals surface area contributed by atoms with Crippen molar-refractivity contribution in [3.63, 3.8) is 0 Å². The highest BCUT2D eigenvalue weighted by Crippen LogP contribution is 2.08. The van der Waals surface area contributed by atoms with Crippen LogP contribution in [0.4, 0.5) is 0 Å². The first-order chi connectivity index (χ1) is 5.34. The predicted molar refractivity (Wildman–Crippen MR) is 48.8 cm³/mol. The van der Waals surface area contributed by atoms with E-state index in [9.17, 15) is 0 Å². The second-order valence-corrected chi connectivity index (χ2v) is 3.48. The van der Waals surface area contributed by atoms with Gasteiger partial charge in [-0.3, -0.25) is 0 Å². The molecule has 0 radical (unpaired) electrons. The summed E-state index contributed by atoms with van der Waals surface area (Å²) < 4.78 is 0. The van der Waals surface area contributed by atoms with Crippen LogP contribution in [0.1, 0.15) is 26.2 Å². The van der Waals surface area contributed by atoms with E-state index in [1.165, 1.54) is 38.9 Å². The summed E-state index contributed by atoms with van der Waals surface area (Å²) in [6, 6.07) is 0.795. The summed E-state index contributed by atoms with van der Waals surface area (Å²) in [6.07, 6.45) is 4.00. The molecule has 0 bridgehead atoms. The van der Waals surface area contributed by atoms with Gasteiger partial charge in [0.25, 0.3) is 0 Å². The number of hydrogen-bond acceptors (Lipinski definition) is 2. The van der Waals surface area contributed by atoms with Gasteiger partial charge in [-0.15, -0.1) is 0 Å². The van der Waals surface area contributed by atoms with E-state index in [0.717, 1.165) is 6.04 Å². The molecule has 66 valence electrons. The smallest absolute Gasteiger partial charge is 0.0218 e. The first kappa shape index (κ1) is 9.01. The van der Waals surface area contributed by atoms with Gasteiger partial charge in [-0.2, -0.15) is 0 Å². The number of rotatable bonds is 3. The molecule has 0 aromatic heterocycles. The van der Waals surface area contributed by atoms with E-state index in [0.29, 0.717) is 0 Å². The van der Waals surface area contributed by atoms with Crippen molar-refractivity contribution >= 4 is 0 Å². The van der Waals surface area contributed by atoms with Gasteiger partial charge in [0.05, 0.1) is 0 Å². The Morgan fingerprint density at radius 3 is 2.91 bits per heavy atom. The van der Waals surface area contributed by atoms with Gasteiger partial charge in [-0.1, -0.05) is 6.92 Å². The molecule has 1 saturated heterocycles. The molecule has 2 nitrogen and oxygen atoms in total. The van der Waals surface area contributed by atoms with Crippen LogP contribution in [0.3, 0.4) is 0 Å².